The summed E-state index contributed by atoms with van der Waals surface area (Å²) >= 11 is 0. The molecule has 24 heavy (non-hydrogen) atoms. The average Bonchev–Trinajstić information content (AvgIpc) is 2.66. The Kier molecular flexibility index (Phi) is 12.3. The van der Waals surface area contributed by atoms with Crippen LogP contribution in [0.1, 0.15) is 53.0 Å². The molecule has 0 aliphatic carbocycles. The molecule has 3 radical (unpaired) electrons. The van der Waals surface area contributed by atoms with Gasteiger partial charge in [-0.05, 0) is 62.5 Å². The van der Waals surface area contributed by atoms with Crippen molar-refractivity contribution >= 4 is 19.3 Å². The van der Waals surface area contributed by atoms with Crippen molar-refractivity contribution in [2.75, 3.05) is 19.6 Å². The Labute approximate surface area is 151 Å². The zero-order valence-electron chi connectivity index (χ0n) is 16.3. The van der Waals surface area contributed by atoms with E-state index in [2.05, 4.69) is 47.1 Å². The van der Waals surface area contributed by atoms with Crippen molar-refractivity contribution < 1.29 is 0 Å². The fourth-order valence-electron chi connectivity index (χ4n) is 3.15. The van der Waals surface area contributed by atoms with Gasteiger partial charge < -0.3 is 4.90 Å². The highest BCUT2D eigenvalue weighted by Crippen LogP contribution is 2.25. The van der Waals surface area contributed by atoms with Gasteiger partial charge in [0.2, 0.25) is 0 Å². The van der Waals surface area contributed by atoms with E-state index in [9.17, 15) is 0 Å². The van der Waals surface area contributed by atoms with Crippen LogP contribution in [0.25, 0.3) is 10.9 Å². The summed E-state index contributed by atoms with van der Waals surface area (Å²) < 4.78 is 0. The van der Waals surface area contributed by atoms with E-state index in [-0.39, 0.29) is 8.41 Å². The maximum atomic E-state index is 4.45. The quantitative estimate of drug-likeness (QED) is 0.723. The highest BCUT2D eigenvalue weighted by atomic mass is 15.1. The molecule has 1 aromatic heterocycles. The third-order valence-electron chi connectivity index (χ3n) is 4.40. The number of rotatable bonds is 3. The van der Waals surface area contributed by atoms with Gasteiger partial charge in [-0.25, -0.2) is 0 Å². The van der Waals surface area contributed by atoms with Crippen LogP contribution in [-0.4, -0.2) is 37.9 Å². The van der Waals surface area contributed by atoms with Crippen molar-refractivity contribution in [3.8, 4) is 0 Å². The van der Waals surface area contributed by atoms with Gasteiger partial charge in [-0.3, -0.25) is 4.98 Å². The van der Waals surface area contributed by atoms with Crippen LogP contribution in [0.4, 0.5) is 0 Å². The molecule has 2 nitrogen and oxygen atoms in total. The molecule has 0 spiro atoms. The second kappa shape index (κ2) is 13.0. The fourth-order valence-corrected chi connectivity index (χ4v) is 3.15. The van der Waals surface area contributed by atoms with Crippen LogP contribution >= 0.6 is 0 Å². The third kappa shape index (κ3) is 6.28. The molecule has 3 rings (SSSR count). The Balaban J connectivity index is 0.000000987. The van der Waals surface area contributed by atoms with E-state index in [1.165, 1.54) is 49.8 Å². The molecule has 0 unspecified atom stereocenters. The summed E-state index contributed by atoms with van der Waals surface area (Å²) in [6.07, 6.45) is 5.84. The van der Waals surface area contributed by atoms with Crippen LogP contribution in [0.15, 0.2) is 36.5 Å². The standard InChI is InChI=1S/C17H22N2.2C2H6.B/c1-2-19-11-8-14(9-12-19)13-15-7-10-18-17-6-4-3-5-16(15)17;2*1-2;/h3-7,10,14H,2,8-9,11-13H2,1H3;2*1-2H3;. The fraction of sp³-hybridized carbons (Fsp3) is 0.571. The number of hydrogen-bond acceptors (Lipinski definition) is 2. The van der Waals surface area contributed by atoms with Gasteiger partial charge in [-0.1, -0.05) is 52.8 Å². The molecule has 2 heterocycles. The number of likely N-dealkylation sites (tertiary alicyclic amines) is 1. The van der Waals surface area contributed by atoms with Crippen molar-refractivity contribution in [2.45, 2.75) is 53.9 Å². The number of aromatic nitrogens is 1. The lowest BCUT2D eigenvalue weighted by molar-refractivity contribution is 0.192. The first-order valence-corrected chi connectivity index (χ1v) is 9.42. The maximum Gasteiger partial charge on any atom is 0.0704 e. The minimum atomic E-state index is 0. The number of benzene rings is 1. The molecule has 0 N–H and O–H groups in total. The first-order chi connectivity index (χ1) is 11.4. The van der Waals surface area contributed by atoms with Gasteiger partial charge in [0.15, 0.2) is 0 Å². The number of nitrogens with zero attached hydrogens (tertiary/aromatic N) is 2. The van der Waals surface area contributed by atoms with Gasteiger partial charge in [0.1, 0.15) is 0 Å². The molecule has 0 atom stereocenters. The summed E-state index contributed by atoms with van der Waals surface area (Å²) in [4.78, 5) is 7.01. The third-order valence-corrected chi connectivity index (χ3v) is 4.40. The normalized spacial score (nSPS) is 14.7. The first-order valence-electron chi connectivity index (χ1n) is 9.42. The number of para-hydroxylation sites is 1. The zero-order valence-corrected chi connectivity index (χ0v) is 16.3. The summed E-state index contributed by atoms with van der Waals surface area (Å²) in [5.74, 6) is 0.841. The number of pyridine rings is 1. The molecule has 131 valence electrons. The molecular weight excluding hydrogens is 291 g/mol. The molecule has 3 heteroatoms. The second-order valence-electron chi connectivity index (χ2n) is 5.57. The molecule has 0 saturated carbocycles. The summed E-state index contributed by atoms with van der Waals surface area (Å²) in [7, 11) is 0. The monoisotopic (exact) mass is 325 g/mol. The molecule has 2 aromatic rings. The molecule has 1 aromatic carbocycles. The summed E-state index contributed by atoms with van der Waals surface area (Å²) in [6, 6.07) is 10.7. The topological polar surface area (TPSA) is 16.1 Å². The Morgan fingerprint density at radius 3 is 2.25 bits per heavy atom. The van der Waals surface area contributed by atoms with Crippen molar-refractivity contribution in [1.29, 1.82) is 0 Å². The van der Waals surface area contributed by atoms with Crippen molar-refractivity contribution in [2.24, 2.45) is 5.92 Å². The Bertz CT molecular complexity index is 543. The van der Waals surface area contributed by atoms with Gasteiger partial charge in [-0.2, -0.15) is 0 Å². The van der Waals surface area contributed by atoms with Crippen LogP contribution in [0.3, 0.4) is 0 Å². The second-order valence-corrected chi connectivity index (χ2v) is 5.57. The first kappa shape index (κ1) is 22.7. The lowest BCUT2D eigenvalue weighted by Gasteiger charge is -2.31. The van der Waals surface area contributed by atoms with Gasteiger partial charge in [0, 0.05) is 20.0 Å². The number of piperidine rings is 1. The Hall–Kier alpha value is -1.35. The van der Waals surface area contributed by atoms with Gasteiger partial charge >= 0.3 is 0 Å². The summed E-state index contributed by atoms with van der Waals surface area (Å²) in [5, 5.41) is 1.34. The molecule has 1 saturated heterocycles. The lowest BCUT2D eigenvalue weighted by Crippen LogP contribution is -2.34. The van der Waals surface area contributed by atoms with Crippen molar-refractivity contribution in [3.63, 3.8) is 0 Å². The van der Waals surface area contributed by atoms with E-state index < -0.39 is 0 Å². The van der Waals surface area contributed by atoms with Crippen molar-refractivity contribution in [3.05, 3.63) is 42.1 Å². The number of hydrogen-bond donors (Lipinski definition) is 0. The van der Waals surface area contributed by atoms with Crippen LogP contribution in [0.2, 0.25) is 0 Å². The van der Waals surface area contributed by atoms with Crippen LogP contribution < -0.4 is 0 Å². The highest BCUT2D eigenvalue weighted by molar-refractivity contribution is 5.81. The van der Waals surface area contributed by atoms with Crippen LogP contribution in [0, 0.1) is 5.92 Å². The summed E-state index contributed by atoms with van der Waals surface area (Å²) in [6.45, 7) is 14.0. The molecule has 0 amide bonds. The van der Waals surface area contributed by atoms with Gasteiger partial charge in [-0.15, -0.1) is 0 Å². The predicted octanol–water partition coefficient (Wildman–Crippen LogP) is 5.18. The van der Waals surface area contributed by atoms with E-state index in [1.54, 1.807) is 0 Å². The van der Waals surface area contributed by atoms with Crippen molar-refractivity contribution in [1.82, 2.24) is 9.88 Å². The van der Waals surface area contributed by atoms with Crippen LogP contribution in [0.5, 0.6) is 0 Å². The van der Waals surface area contributed by atoms with E-state index >= 15 is 0 Å². The minimum Gasteiger partial charge on any atom is -0.304 e. The molecular formula is C21H34BN2. The average molecular weight is 325 g/mol. The lowest BCUT2D eigenvalue weighted by atomic mass is 9.89. The smallest absolute Gasteiger partial charge is 0.0704 e. The Morgan fingerprint density at radius 2 is 1.62 bits per heavy atom. The van der Waals surface area contributed by atoms with E-state index in [0.717, 1.165) is 11.4 Å². The molecule has 0 bridgehead atoms. The highest BCUT2D eigenvalue weighted by Gasteiger charge is 2.18. The summed E-state index contributed by atoms with van der Waals surface area (Å²) in [5.41, 5.74) is 2.60. The van der Waals surface area contributed by atoms with Crippen LogP contribution in [-0.2, 0) is 6.42 Å². The predicted molar refractivity (Wildman–Crippen MR) is 109 cm³/mol. The largest absolute Gasteiger partial charge is 0.304 e. The maximum absolute atomic E-state index is 4.45. The van der Waals surface area contributed by atoms with E-state index in [1.807, 2.05) is 33.9 Å². The van der Waals surface area contributed by atoms with Gasteiger partial charge in [0.05, 0.1) is 5.52 Å². The zero-order chi connectivity index (χ0) is 17.1. The van der Waals surface area contributed by atoms with E-state index in [4.69, 9.17) is 0 Å². The molecule has 1 aliphatic rings. The SMILES string of the molecule is CC.CC.CCN1CCC(Cc2ccnc3ccccc23)CC1.[B]. The molecule has 1 aliphatic heterocycles. The van der Waals surface area contributed by atoms with Gasteiger partial charge in [0.25, 0.3) is 0 Å². The Morgan fingerprint density at radius 1 is 1.00 bits per heavy atom. The molecule has 1 fully saturated rings. The number of fused-ring (bicyclic) bond motifs is 1. The minimum absolute atomic E-state index is 0. The van der Waals surface area contributed by atoms with E-state index in [0.29, 0.717) is 0 Å².